The van der Waals surface area contributed by atoms with E-state index in [1.807, 2.05) is 0 Å². The SMILES string of the molecule is O=C(O)c1cc(Cl)c(S(=O)(=O)O)nc1Cl. The molecular formula is C6H3Cl2NO5S. The Morgan fingerprint density at radius 1 is 1.40 bits per heavy atom. The molecule has 0 bridgehead atoms. The molecule has 0 aliphatic heterocycles. The lowest BCUT2D eigenvalue weighted by Crippen LogP contribution is -2.06. The fourth-order valence-electron chi connectivity index (χ4n) is 0.782. The third-order valence-electron chi connectivity index (χ3n) is 1.37. The van der Waals surface area contributed by atoms with Crippen molar-refractivity contribution in [3.63, 3.8) is 0 Å². The highest BCUT2D eigenvalue weighted by atomic mass is 35.5. The lowest BCUT2D eigenvalue weighted by atomic mass is 10.3. The summed E-state index contributed by atoms with van der Waals surface area (Å²) in [5.41, 5.74) is -0.450. The van der Waals surface area contributed by atoms with Crippen molar-refractivity contribution >= 4 is 39.3 Å². The third-order valence-corrected chi connectivity index (χ3v) is 2.86. The fourth-order valence-corrected chi connectivity index (χ4v) is 2.01. The van der Waals surface area contributed by atoms with Gasteiger partial charge in [0, 0.05) is 0 Å². The topological polar surface area (TPSA) is 105 Å². The maximum absolute atomic E-state index is 10.7. The Kier molecular flexibility index (Phi) is 3.19. The molecule has 0 aliphatic rings. The minimum absolute atomic E-state index is 0.450. The van der Waals surface area contributed by atoms with Crippen molar-refractivity contribution in [1.82, 2.24) is 4.98 Å². The molecule has 0 amide bonds. The first-order chi connectivity index (χ1) is 6.73. The highest BCUT2D eigenvalue weighted by Gasteiger charge is 2.21. The maximum Gasteiger partial charge on any atom is 0.338 e. The van der Waals surface area contributed by atoms with Crippen LogP contribution in [-0.4, -0.2) is 29.0 Å². The number of aromatic carboxylic acids is 1. The summed E-state index contributed by atoms with van der Waals surface area (Å²) < 4.78 is 30.0. The van der Waals surface area contributed by atoms with Crippen molar-refractivity contribution in [2.45, 2.75) is 5.03 Å². The van der Waals surface area contributed by atoms with Gasteiger partial charge in [0.25, 0.3) is 0 Å². The van der Waals surface area contributed by atoms with Crippen LogP contribution >= 0.6 is 23.2 Å². The van der Waals surface area contributed by atoms with Crippen LogP contribution in [0.3, 0.4) is 0 Å². The van der Waals surface area contributed by atoms with Crippen molar-refractivity contribution in [3.05, 3.63) is 21.8 Å². The molecule has 2 N–H and O–H groups in total. The zero-order valence-electron chi connectivity index (χ0n) is 6.81. The van der Waals surface area contributed by atoms with Crippen LogP contribution in [0.2, 0.25) is 10.2 Å². The zero-order valence-corrected chi connectivity index (χ0v) is 9.14. The smallest absolute Gasteiger partial charge is 0.338 e. The Hall–Kier alpha value is -0.890. The number of carboxylic acid groups (broad SMARTS) is 1. The number of hydrogen-bond acceptors (Lipinski definition) is 4. The average Bonchev–Trinajstić information content (AvgIpc) is 2.06. The van der Waals surface area contributed by atoms with Crippen molar-refractivity contribution < 1.29 is 22.9 Å². The van der Waals surface area contributed by atoms with Crippen LogP contribution in [0.4, 0.5) is 0 Å². The van der Waals surface area contributed by atoms with E-state index in [0.717, 1.165) is 6.07 Å². The van der Waals surface area contributed by atoms with Crippen molar-refractivity contribution in [2.75, 3.05) is 0 Å². The summed E-state index contributed by atoms with van der Waals surface area (Å²) in [5.74, 6) is -1.41. The molecule has 1 aromatic rings. The minimum Gasteiger partial charge on any atom is -0.478 e. The number of carboxylic acids is 1. The monoisotopic (exact) mass is 271 g/mol. The summed E-state index contributed by atoms with van der Waals surface area (Å²) in [6.45, 7) is 0. The van der Waals surface area contributed by atoms with Crippen LogP contribution in [0.5, 0.6) is 0 Å². The molecule has 0 fully saturated rings. The summed E-state index contributed by atoms with van der Waals surface area (Å²) >= 11 is 10.8. The molecule has 9 heteroatoms. The van der Waals surface area contributed by atoms with E-state index < -0.39 is 36.9 Å². The Balaban J connectivity index is 3.52. The Labute approximate surface area is 94.2 Å². The van der Waals surface area contributed by atoms with Gasteiger partial charge in [-0.1, -0.05) is 23.2 Å². The van der Waals surface area contributed by atoms with Crippen LogP contribution in [0, 0.1) is 0 Å². The molecule has 82 valence electrons. The Morgan fingerprint density at radius 3 is 2.33 bits per heavy atom. The molecule has 0 aliphatic carbocycles. The highest BCUT2D eigenvalue weighted by Crippen LogP contribution is 2.24. The highest BCUT2D eigenvalue weighted by molar-refractivity contribution is 7.85. The standard InChI is InChI=1S/C6H3Cl2NO5S/c7-3-1-2(6(10)11)4(8)9-5(3)15(12,13)14/h1H,(H,10,11)(H,12,13,14). The van der Waals surface area contributed by atoms with E-state index in [0.29, 0.717) is 0 Å². The first-order valence-electron chi connectivity index (χ1n) is 3.30. The summed E-state index contributed by atoms with van der Waals surface area (Å²) in [4.78, 5) is 13.7. The second-order valence-electron chi connectivity index (χ2n) is 2.39. The van der Waals surface area contributed by atoms with E-state index in [2.05, 4.69) is 4.98 Å². The first-order valence-corrected chi connectivity index (χ1v) is 5.50. The van der Waals surface area contributed by atoms with E-state index in [1.54, 1.807) is 0 Å². The Morgan fingerprint density at radius 2 is 1.93 bits per heavy atom. The van der Waals surface area contributed by atoms with Gasteiger partial charge >= 0.3 is 16.1 Å². The molecule has 6 nitrogen and oxygen atoms in total. The van der Waals surface area contributed by atoms with E-state index in [1.165, 1.54) is 0 Å². The zero-order chi connectivity index (χ0) is 11.8. The maximum atomic E-state index is 10.7. The van der Waals surface area contributed by atoms with E-state index in [9.17, 15) is 13.2 Å². The summed E-state index contributed by atoms with van der Waals surface area (Å²) in [6.07, 6.45) is 0. The molecule has 1 aromatic heterocycles. The van der Waals surface area contributed by atoms with E-state index in [4.69, 9.17) is 32.9 Å². The molecule has 0 unspecified atom stereocenters. The normalized spacial score (nSPS) is 11.4. The largest absolute Gasteiger partial charge is 0.478 e. The van der Waals surface area contributed by atoms with Gasteiger partial charge in [-0.3, -0.25) is 4.55 Å². The van der Waals surface area contributed by atoms with Gasteiger partial charge in [-0.05, 0) is 6.07 Å². The first kappa shape index (κ1) is 12.2. The second-order valence-corrected chi connectivity index (χ2v) is 4.50. The van der Waals surface area contributed by atoms with E-state index >= 15 is 0 Å². The molecule has 0 spiro atoms. The van der Waals surface area contributed by atoms with Gasteiger partial charge in [0.2, 0.25) is 5.03 Å². The molecule has 0 saturated carbocycles. The molecule has 0 atom stereocenters. The van der Waals surface area contributed by atoms with Gasteiger partial charge in [0.1, 0.15) is 5.15 Å². The summed E-state index contributed by atoms with van der Waals surface area (Å²) in [5, 5.41) is 6.63. The van der Waals surface area contributed by atoms with Gasteiger partial charge in [-0.2, -0.15) is 8.42 Å². The molecule has 15 heavy (non-hydrogen) atoms. The van der Waals surface area contributed by atoms with Gasteiger partial charge in [-0.25, -0.2) is 9.78 Å². The molecule has 0 aromatic carbocycles. The van der Waals surface area contributed by atoms with Gasteiger partial charge in [0.05, 0.1) is 10.6 Å². The number of carbonyl (C=O) groups is 1. The second kappa shape index (κ2) is 3.93. The molecule has 0 radical (unpaired) electrons. The van der Waals surface area contributed by atoms with Gasteiger partial charge in [-0.15, -0.1) is 0 Å². The molecular weight excluding hydrogens is 269 g/mol. The van der Waals surface area contributed by atoms with Crippen molar-refractivity contribution in [2.24, 2.45) is 0 Å². The number of halogens is 2. The lowest BCUT2D eigenvalue weighted by Gasteiger charge is -2.03. The number of aromatic nitrogens is 1. The quantitative estimate of drug-likeness (QED) is 0.621. The van der Waals surface area contributed by atoms with Crippen LogP contribution in [-0.2, 0) is 10.1 Å². The fraction of sp³-hybridized carbons (Fsp3) is 0. The van der Waals surface area contributed by atoms with E-state index in [-0.39, 0.29) is 0 Å². The van der Waals surface area contributed by atoms with Crippen LogP contribution in [0.1, 0.15) is 10.4 Å². The van der Waals surface area contributed by atoms with Crippen LogP contribution in [0.15, 0.2) is 11.1 Å². The van der Waals surface area contributed by atoms with Crippen molar-refractivity contribution in [3.8, 4) is 0 Å². The van der Waals surface area contributed by atoms with Crippen LogP contribution in [0.25, 0.3) is 0 Å². The average molecular weight is 272 g/mol. The molecule has 1 heterocycles. The predicted octanol–water partition coefficient (Wildman–Crippen LogP) is 1.33. The predicted molar refractivity (Wildman–Crippen MR) is 51.0 cm³/mol. The number of nitrogens with zero attached hydrogens (tertiary/aromatic N) is 1. The van der Waals surface area contributed by atoms with Crippen molar-refractivity contribution in [1.29, 1.82) is 0 Å². The molecule has 0 saturated heterocycles. The minimum atomic E-state index is -4.62. The number of pyridine rings is 1. The summed E-state index contributed by atoms with van der Waals surface area (Å²) in [7, 11) is -4.62. The molecule has 1 rings (SSSR count). The third kappa shape index (κ3) is 2.57. The summed E-state index contributed by atoms with van der Waals surface area (Å²) in [6, 6.07) is 0.794. The van der Waals surface area contributed by atoms with Gasteiger partial charge < -0.3 is 5.11 Å². The number of hydrogen-bond donors (Lipinski definition) is 2. The van der Waals surface area contributed by atoms with Crippen LogP contribution < -0.4 is 0 Å². The van der Waals surface area contributed by atoms with Gasteiger partial charge in [0.15, 0.2) is 0 Å². The lowest BCUT2D eigenvalue weighted by molar-refractivity contribution is 0.0696. The number of rotatable bonds is 2. The Bertz CT molecular complexity index is 527.